The van der Waals surface area contributed by atoms with Gasteiger partial charge in [-0.3, -0.25) is 4.99 Å². The molecule has 0 amide bonds. The Morgan fingerprint density at radius 2 is 1.40 bits per heavy atom. The van der Waals surface area contributed by atoms with E-state index in [2.05, 4.69) is 60.4 Å². The molecule has 0 fully saturated rings. The molecule has 4 aromatic rings. The summed E-state index contributed by atoms with van der Waals surface area (Å²) in [6.45, 7) is 2.10. The van der Waals surface area contributed by atoms with Crippen molar-refractivity contribution in [2.45, 2.75) is 16.7 Å². The summed E-state index contributed by atoms with van der Waals surface area (Å²) in [5, 5.41) is 0.587. The molecule has 0 unspecified atom stereocenters. The molecule has 0 radical (unpaired) electrons. The van der Waals surface area contributed by atoms with Crippen molar-refractivity contribution in [1.29, 1.82) is 0 Å². The predicted molar refractivity (Wildman–Crippen MR) is 127 cm³/mol. The second-order valence-electron chi connectivity index (χ2n) is 6.77. The van der Waals surface area contributed by atoms with Crippen molar-refractivity contribution in [3.8, 4) is 11.5 Å². The van der Waals surface area contributed by atoms with Crippen LogP contribution in [0.4, 0.5) is 5.69 Å². The molecule has 0 aliphatic heterocycles. The van der Waals surface area contributed by atoms with Crippen LogP contribution < -0.4 is 4.74 Å². The second-order valence-corrected chi connectivity index (χ2v) is 8.32. The zero-order valence-electron chi connectivity index (χ0n) is 16.5. The quantitative estimate of drug-likeness (QED) is 0.287. The highest BCUT2D eigenvalue weighted by atomic mass is 35.5. The highest BCUT2D eigenvalue weighted by Crippen LogP contribution is 2.30. The average molecular weight is 430 g/mol. The summed E-state index contributed by atoms with van der Waals surface area (Å²) in [7, 11) is 0. The fourth-order valence-corrected chi connectivity index (χ4v) is 3.76. The summed E-state index contributed by atoms with van der Waals surface area (Å²) in [5.74, 6) is 1.36. The van der Waals surface area contributed by atoms with Crippen molar-refractivity contribution >= 4 is 35.3 Å². The highest BCUT2D eigenvalue weighted by molar-refractivity contribution is 7.99. The Bertz CT molecular complexity index is 1140. The highest BCUT2D eigenvalue weighted by Gasteiger charge is 2.02. The largest absolute Gasteiger partial charge is 0.456 e. The van der Waals surface area contributed by atoms with Crippen molar-refractivity contribution in [2.75, 3.05) is 0 Å². The predicted octanol–water partition coefficient (Wildman–Crippen LogP) is 8.34. The average Bonchev–Trinajstić information content (AvgIpc) is 2.77. The van der Waals surface area contributed by atoms with E-state index in [-0.39, 0.29) is 0 Å². The van der Waals surface area contributed by atoms with Crippen LogP contribution >= 0.6 is 23.4 Å². The van der Waals surface area contributed by atoms with E-state index in [1.54, 1.807) is 17.8 Å². The minimum atomic E-state index is 0.587. The van der Waals surface area contributed by atoms with Gasteiger partial charge in [-0.15, -0.1) is 0 Å². The number of ether oxygens (including phenoxy) is 1. The van der Waals surface area contributed by atoms with Crippen molar-refractivity contribution in [2.24, 2.45) is 4.99 Å². The van der Waals surface area contributed by atoms with Crippen LogP contribution in [-0.2, 0) is 0 Å². The van der Waals surface area contributed by atoms with Gasteiger partial charge >= 0.3 is 0 Å². The van der Waals surface area contributed by atoms with Crippen LogP contribution in [0.2, 0.25) is 5.02 Å². The molecule has 30 heavy (non-hydrogen) atoms. The van der Waals surface area contributed by atoms with Gasteiger partial charge in [-0.25, -0.2) is 0 Å². The maximum Gasteiger partial charge on any atom is 0.146 e. The fourth-order valence-electron chi connectivity index (χ4n) is 2.77. The lowest BCUT2D eigenvalue weighted by Gasteiger charge is -2.07. The molecule has 148 valence electrons. The molecule has 0 atom stereocenters. The third kappa shape index (κ3) is 5.53. The number of aryl methyl sites for hydroxylation is 1. The normalized spacial score (nSPS) is 11.0. The van der Waals surface area contributed by atoms with Gasteiger partial charge in [-0.1, -0.05) is 65.3 Å². The molecular weight excluding hydrogens is 410 g/mol. The number of hydrogen-bond acceptors (Lipinski definition) is 3. The van der Waals surface area contributed by atoms with E-state index in [0.29, 0.717) is 10.8 Å². The number of aliphatic imine (C=N–C) groups is 1. The molecule has 4 aromatic carbocycles. The second kappa shape index (κ2) is 9.66. The summed E-state index contributed by atoms with van der Waals surface area (Å²) < 4.78 is 5.81. The first-order valence-electron chi connectivity index (χ1n) is 9.57. The first kappa shape index (κ1) is 20.3. The molecule has 0 saturated carbocycles. The molecule has 0 aliphatic rings. The molecule has 0 N–H and O–H groups in total. The summed E-state index contributed by atoms with van der Waals surface area (Å²) in [6.07, 6.45) is 1.87. The number of para-hydroxylation sites is 1. The lowest BCUT2D eigenvalue weighted by Crippen LogP contribution is -1.84. The molecule has 0 bridgehead atoms. The molecule has 0 saturated heterocycles. The van der Waals surface area contributed by atoms with Gasteiger partial charge < -0.3 is 4.74 Å². The molecule has 0 aliphatic carbocycles. The van der Waals surface area contributed by atoms with E-state index in [4.69, 9.17) is 16.3 Å². The Kier molecular flexibility index (Phi) is 6.53. The first-order chi connectivity index (χ1) is 14.7. The molecule has 0 spiro atoms. The molecule has 0 heterocycles. The summed E-state index contributed by atoms with van der Waals surface area (Å²) in [6, 6.07) is 32.0. The number of benzene rings is 4. The van der Waals surface area contributed by atoms with Crippen LogP contribution in [-0.4, -0.2) is 6.21 Å². The van der Waals surface area contributed by atoms with Crippen molar-refractivity contribution in [3.63, 3.8) is 0 Å². The van der Waals surface area contributed by atoms with Gasteiger partial charge in [0.2, 0.25) is 0 Å². The van der Waals surface area contributed by atoms with Crippen LogP contribution in [0.25, 0.3) is 0 Å². The van der Waals surface area contributed by atoms with Crippen molar-refractivity contribution in [3.05, 3.63) is 113 Å². The SMILES string of the molecule is Cc1ccc(Sc2ccc(C=Nc3ccc(Oc4ccccc4Cl)cc3)cc2)cc1. The Balaban J connectivity index is 1.37. The Hall–Kier alpha value is -3.01. The first-order valence-corrected chi connectivity index (χ1v) is 10.8. The third-order valence-electron chi connectivity index (χ3n) is 4.40. The van der Waals surface area contributed by atoms with Crippen LogP contribution in [0, 0.1) is 6.92 Å². The van der Waals surface area contributed by atoms with Crippen molar-refractivity contribution in [1.82, 2.24) is 0 Å². The van der Waals surface area contributed by atoms with Gasteiger partial charge in [0.25, 0.3) is 0 Å². The van der Waals surface area contributed by atoms with Crippen molar-refractivity contribution < 1.29 is 4.74 Å². The Labute approximate surface area is 186 Å². The molecule has 0 aromatic heterocycles. The minimum Gasteiger partial charge on any atom is -0.456 e. The van der Waals surface area contributed by atoms with Gasteiger partial charge in [0.1, 0.15) is 11.5 Å². The van der Waals surface area contributed by atoms with E-state index in [0.717, 1.165) is 17.0 Å². The van der Waals surface area contributed by atoms with E-state index in [1.165, 1.54) is 15.4 Å². The summed E-state index contributed by atoms with van der Waals surface area (Å²) >= 11 is 7.89. The van der Waals surface area contributed by atoms with Gasteiger partial charge in [0.15, 0.2) is 0 Å². The van der Waals surface area contributed by atoms with Crippen LogP contribution in [0.1, 0.15) is 11.1 Å². The monoisotopic (exact) mass is 429 g/mol. The lowest BCUT2D eigenvalue weighted by atomic mass is 10.2. The minimum absolute atomic E-state index is 0.587. The van der Waals surface area contributed by atoms with Gasteiger partial charge in [-0.05, 0) is 73.2 Å². The number of hydrogen-bond donors (Lipinski definition) is 0. The van der Waals surface area contributed by atoms with Gasteiger partial charge in [0.05, 0.1) is 10.7 Å². The molecule has 2 nitrogen and oxygen atoms in total. The van der Waals surface area contributed by atoms with Gasteiger partial charge in [-0.2, -0.15) is 0 Å². The maximum atomic E-state index is 6.14. The lowest BCUT2D eigenvalue weighted by molar-refractivity contribution is 0.483. The third-order valence-corrected chi connectivity index (χ3v) is 5.73. The van der Waals surface area contributed by atoms with Crippen LogP contribution in [0.3, 0.4) is 0 Å². The topological polar surface area (TPSA) is 21.6 Å². The number of halogens is 1. The summed E-state index contributed by atoms with van der Waals surface area (Å²) in [5.41, 5.74) is 3.19. The van der Waals surface area contributed by atoms with E-state index in [9.17, 15) is 0 Å². The van der Waals surface area contributed by atoms with E-state index >= 15 is 0 Å². The summed E-state index contributed by atoms with van der Waals surface area (Å²) in [4.78, 5) is 6.99. The zero-order valence-corrected chi connectivity index (χ0v) is 18.0. The Morgan fingerprint density at radius 1 is 0.767 bits per heavy atom. The van der Waals surface area contributed by atoms with Crippen LogP contribution in [0.5, 0.6) is 11.5 Å². The maximum absolute atomic E-state index is 6.14. The van der Waals surface area contributed by atoms with Crippen LogP contribution in [0.15, 0.2) is 112 Å². The van der Waals surface area contributed by atoms with Gasteiger partial charge in [0, 0.05) is 16.0 Å². The Morgan fingerprint density at radius 3 is 2.07 bits per heavy atom. The molecule has 4 heteroatoms. The fraction of sp³-hybridized carbons (Fsp3) is 0.0385. The zero-order chi connectivity index (χ0) is 20.8. The van der Waals surface area contributed by atoms with E-state index in [1.807, 2.05) is 48.7 Å². The number of rotatable bonds is 6. The van der Waals surface area contributed by atoms with E-state index < -0.39 is 0 Å². The number of nitrogens with zero attached hydrogens (tertiary/aromatic N) is 1. The standard InChI is InChI=1S/C26H20ClNOS/c1-19-6-14-23(15-7-19)30-24-16-8-20(9-17-24)18-28-21-10-12-22(13-11-21)29-26-5-3-2-4-25(26)27/h2-18H,1H3. The smallest absolute Gasteiger partial charge is 0.146 e. The molecular formula is C26H20ClNOS. The molecule has 4 rings (SSSR count).